The van der Waals surface area contributed by atoms with Gasteiger partial charge in [-0.25, -0.2) is 0 Å². The first-order valence-electron chi connectivity index (χ1n) is 7.44. The van der Waals surface area contributed by atoms with Crippen molar-refractivity contribution in [3.05, 3.63) is 35.4 Å². The molecule has 0 radical (unpaired) electrons. The Kier molecular flexibility index (Phi) is 8.35. The lowest BCUT2D eigenvalue weighted by Crippen LogP contribution is -2.40. The van der Waals surface area contributed by atoms with Crippen molar-refractivity contribution in [1.29, 1.82) is 0 Å². The lowest BCUT2D eigenvalue weighted by Gasteiger charge is -2.22. The fourth-order valence-corrected chi connectivity index (χ4v) is 2.49. The smallest absolute Gasteiger partial charge is 0.224 e. The second-order valence-electron chi connectivity index (χ2n) is 5.17. The summed E-state index contributed by atoms with van der Waals surface area (Å²) in [5.74, 6) is 0.270. The van der Waals surface area contributed by atoms with Crippen molar-refractivity contribution < 1.29 is 9.53 Å². The predicted molar refractivity (Wildman–Crippen MR) is 86.5 cm³/mol. The van der Waals surface area contributed by atoms with Crippen molar-refractivity contribution >= 4 is 18.3 Å². The highest BCUT2D eigenvalue weighted by Gasteiger charge is 2.20. The highest BCUT2D eigenvalue weighted by atomic mass is 35.5. The van der Waals surface area contributed by atoms with Gasteiger partial charge in [-0.2, -0.15) is 0 Å². The zero-order valence-electron chi connectivity index (χ0n) is 12.6. The number of hydrogen-bond donors (Lipinski definition) is 2. The first kappa shape index (κ1) is 18.0. The molecule has 0 saturated carbocycles. The summed E-state index contributed by atoms with van der Waals surface area (Å²) >= 11 is 0. The van der Waals surface area contributed by atoms with Crippen molar-refractivity contribution in [2.24, 2.45) is 5.92 Å². The molecule has 1 fully saturated rings. The molecule has 0 bridgehead atoms. The Bertz CT molecular complexity index is 434. The normalized spacial score (nSPS) is 17.9. The number of piperidine rings is 1. The molecule has 1 aliphatic rings. The van der Waals surface area contributed by atoms with Gasteiger partial charge in [-0.15, -0.1) is 12.4 Å². The van der Waals surface area contributed by atoms with Crippen molar-refractivity contribution in [2.75, 3.05) is 19.7 Å². The van der Waals surface area contributed by atoms with Gasteiger partial charge in [0.2, 0.25) is 5.91 Å². The van der Waals surface area contributed by atoms with Gasteiger partial charge >= 0.3 is 0 Å². The molecule has 1 unspecified atom stereocenters. The van der Waals surface area contributed by atoms with Crippen molar-refractivity contribution in [3.63, 3.8) is 0 Å². The molecular formula is C16H25ClN2O2. The highest BCUT2D eigenvalue weighted by molar-refractivity contribution is 5.85. The van der Waals surface area contributed by atoms with Gasteiger partial charge in [-0.3, -0.25) is 4.79 Å². The van der Waals surface area contributed by atoms with Crippen LogP contribution in [0.5, 0.6) is 0 Å². The van der Waals surface area contributed by atoms with E-state index in [9.17, 15) is 4.79 Å². The first-order chi connectivity index (χ1) is 9.81. The molecule has 1 aliphatic heterocycles. The van der Waals surface area contributed by atoms with E-state index in [2.05, 4.69) is 16.7 Å². The van der Waals surface area contributed by atoms with Crippen LogP contribution in [0.1, 0.15) is 30.9 Å². The van der Waals surface area contributed by atoms with Crippen LogP contribution in [0.15, 0.2) is 24.3 Å². The van der Waals surface area contributed by atoms with Gasteiger partial charge in [0.15, 0.2) is 0 Å². The maximum Gasteiger partial charge on any atom is 0.224 e. The van der Waals surface area contributed by atoms with Crippen LogP contribution >= 0.6 is 12.4 Å². The number of carbonyl (C=O) groups excluding carboxylic acids is 1. The fourth-order valence-electron chi connectivity index (χ4n) is 2.49. The Morgan fingerprint density at radius 3 is 2.81 bits per heavy atom. The molecule has 5 heteroatoms. The summed E-state index contributed by atoms with van der Waals surface area (Å²) in [5.41, 5.74) is 2.29. The van der Waals surface area contributed by atoms with Crippen LogP contribution in [0, 0.1) is 5.92 Å². The second kappa shape index (κ2) is 9.77. The molecule has 0 aromatic heterocycles. The molecule has 1 saturated heterocycles. The lowest BCUT2D eigenvalue weighted by molar-refractivity contribution is -0.125. The van der Waals surface area contributed by atoms with E-state index in [0.29, 0.717) is 19.8 Å². The Labute approximate surface area is 133 Å². The molecule has 1 amide bonds. The van der Waals surface area contributed by atoms with E-state index in [-0.39, 0.29) is 24.2 Å². The molecular weight excluding hydrogens is 288 g/mol. The number of amides is 1. The summed E-state index contributed by atoms with van der Waals surface area (Å²) in [6, 6.07) is 8.11. The Morgan fingerprint density at radius 1 is 1.38 bits per heavy atom. The number of rotatable bonds is 6. The maximum absolute atomic E-state index is 12.1. The van der Waals surface area contributed by atoms with Crippen molar-refractivity contribution in [1.82, 2.24) is 10.6 Å². The summed E-state index contributed by atoms with van der Waals surface area (Å²) in [6.07, 6.45) is 2.07. The van der Waals surface area contributed by atoms with Crippen LogP contribution in [0.2, 0.25) is 0 Å². The minimum absolute atomic E-state index is 0. The van der Waals surface area contributed by atoms with E-state index >= 15 is 0 Å². The van der Waals surface area contributed by atoms with Crippen LogP contribution in [-0.2, 0) is 22.7 Å². The zero-order valence-corrected chi connectivity index (χ0v) is 13.4. The van der Waals surface area contributed by atoms with Crippen LogP contribution in [-0.4, -0.2) is 25.6 Å². The fraction of sp³-hybridized carbons (Fsp3) is 0.562. The standard InChI is InChI=1S/C16H24N2O2.ClH/c1-2-20-12-15-7-4-3-6-13(15)11-18-16(19)14-8-5-9-17-10-14;/h3-4,6-7,14,17H,2,5,8-12H2,1H3,(H,18,19);1H. The molecule has 21 heavy (non-hydrogen) atoms. The highest BCUT2D eigenvalue weighted by Crippen LogP contribution is 2.12. The van der Waals surface area contributed by atoms with Gasteiger partial charge in [0, 0.05) is 19.7 Å². The summed E-state index contributed by atoms with van der Waals surface area (Å²) in [7, 11) is 0. The first-order valence-corrected chi connectivity index (χ1v) is 7.44. The third kappa shape index (κ3) is 5.65. The Hall–Kier alpha value is -1.10. The zero-order chi connectivity index (χ0) is 14.2. The quantitative estimate of drug-likeness (QED) is 0.847. The summed E-state index contributed by atoms with van der Waals surface area (Å²) < 4.78 is 5.46. The minimum Gasteiger partial charge on any atom is -0.377 e. The summed E-state index contributed by atoms with van der Waals surface area (Å²) in [6.45, 7) is 5.70. The molecule has 2 N–H and O–H groups in total. The number of benzene rings is 1. The molecule has 1 aromatic carbocycles. The van der Waals surface area contributed by atoms with Gasteiger partial charge in [-0.1, -0.05) is 24.3 Å². The number of ether oxygens (including phenoxy) is 1. The molecule has 0 aliphatic carbocycles. The van der Waals surface area contributed by atoms with E-state index in [1.807, 2.05) is 25.1 Å². The summed E-state index contributed by atoms with van der Waals surface area (Å²) in [5, 5.41) is 6.32. The Morgan fingerprint density at radius 2 is 2.14 bits per heavy atom. The van der Waals surface area contributed by atoms with Crippen molar-refractivity contribution in [2.45, 2.75) is 32.9 Å². The average Bonchev–Trinajstić information content (AvgIpc) is 2.52. The van der Waals surface area contributed by atoms with Gasteiger partial charge in [-0.05, 0) is 37.4 Å². The predicted octanol–water partition coefficient (Wildman–Crippen LogP) is 2.26. The maximum atomic E-state index is 12.1. The van der Waals surface area contributed by atoms with Crippen LogP contribution in [0.3, 0.4) is 0 Å². The van der Waals surface area contributed by atoms with E-state index in [1.165, 1.54) is 0 Å². The molecule has 0 spiro atoms. The van der Waals surface area contributed by atoms with E-state index in [1.54, 1.807) is 0 Å². The van der Waals surface area contributed by atoms with E-state index < -0.39 is 0 Å². The van der Waals surface area contributed by atoms with Gasteiger partial charge < -0.3 is 15.4 Å². The van der Waals surface area contributed by atoms with Crippen molar-refractivity contribution in [3.8, 4) is 0 Å². The third-order valence-electron chi connectivity index (χ3n) is 3.70. The van der Waals surface area contributed by atoms with Crippen LogP contribution < -0.4 is 10.6 Å². The lowest BCUT2D eigenvalue weighted by atomic mass is 9.98. The van der Waals surface area contributed by atoms with Gasteiger partial charge in [0.25, 0.3) is 0 Å². The van der Waals surface area contributed by atoms with Crippen LogP contribution in [0.4, 0.5) is 0 Å². The average molecular weight is 313 g/mol. The topological polar surface area (TPSA) is 50.4 Å². The second-order valence-corrected chi connectivity index (χ2v) is 5.17. The molecule has 1 aromatic rings. The molecule has 2 rings (SSSR count). The molecule has 1 heterocycles. The number of halogens is 1. The SMILES string of the molecule is CCOCc1ccccc1CNC(=O)C1CCCNC1.Cl. The van der Waals surface area contributed by atoms with E-state index in [4.69, 9.17) is 4.74 Å². The molecule has 1 atom stereocenters. The minimum atomic E-state index is 0. The third-order valence-corrected chi connectivity index (χ3v) is 3.70. The Balaban J connectivity index is 0.00000220. The van der Waals surface area contributed by atoms with Gasteiger partial charge in [0.05, 0.1) is 12.5 Å². The largest absolute Gasteiger partial charge is 0.377 e. The summed E-state index contributed by atoms with van der Waals surface area (Å²) in [4.78, 5) is 12.1. The molecule has 4 nitrogen and oxygen atoms in total. The molecule has 118 valence electrons. The monoisotopic (exact) mass is 312 g/mol. The van der Waals surface area contributed by atoms with Gasteiger partial charge in [0.1, 0.15) is 0 Å². The van der Waals surface area contributed by atoms with Crippen LogP contribution in [0.25, 0.3) is 0 Å². The number of nitrogens with one attached hydrogen (secondary N) is 2. The number of carbonyl (C=O) groups is 1. The number of hydrogen-bond acceptors (Lipinski definition) is 3. The van der Waals surface area contributed by atoms with E-state index in [0.717, 1.165) is 37.1 Å².